The van der Waals surface area contributed by atoms with Gasteiger partial charge in [-0.1, -0.05) is 30.4 Å². The van der Waals surface area contributed by atoms with E-state index in [-0.39, 0.29) is 5.56 Å². The zero-order valence-corrected chi connectivity index (χ0v) is 23.9. The summed E-state index contributed by atoms with van der Waals surface area (Å²) in [5, 5.41) is 11.0. The average Bonchev–Trinajstić information content (AvgIpc) is 2.85. The van der Waals surface area contributed by atoms with Gasteiger partial charge in [0, 0.05) is 29.1 Å². The zero-order valence-electron chi connectivity index (χ0n) is 23.9. The van der Waals surface area contributed by atoms with Crippen molar-refractivity contribution in [1.82, 2.24) is 4.98 Å². The highest BCUT2D eigenvalue weighted by Crippen LogP contribution is 2.44. The SMILES string of the molecule is C=C.C=C(C)Cc1c(C)cc2c(C(F)F)c(C)ccc2c1-c1ccc2c3c(ccnc13)CCO2.CC(C)(C)O. The number of pyridine rings is 1. The van der Waals surface area contributed by atoms with Crippen LogP contribution in [0, 0.1) is 13.8 Å². The van der Waals surface area contributed by atoms with Gasteiger partial charge in [0.15, 0.2) is 0 Å². The number of aliphatic hydroxyl groups is 1. The first-order valence-corrected chi connectivity index (χ1v) is 13.1. The number of rotatable bonds is 4. The van der Waals surface area contributed by atoms with Crippen LogP contribution in [0.15, 0.2) is 67.9 Å². The van der Waals surface area contributed by atoms with E-state index in [1.807, 2.05) is 50.4 Å². The minimum Gasteiger partial charge on any atom is -0.493 e. The molecule has 0 amide bonds. The molecule has 2 heterocycles. The second-order valence-electron chi connectivity index (χ2n) is 10.9. The Balaban J connectivity index is 0.000000542. The average molecular weight is 532 g/mol. The van der Waals surface area contributed by atoms with Crippen LogP contribution in [0.25, 0.3) is 32.8 Å². The maximum Gasteiger partial charge on any atom is 0.264 e. The number of aromatic nitrogens is 1. The van der Waals surface area contributed by atoms with Crippen molar-refractivity contribution < 1.29 is 18.6 Å². The Morgan fingerprint density at radius 2 is 1.72 bits per heavy atom. The smallest absolute Gasteiger partial charge is 0.264 e. The van der Waals surface area contributed by atoms with E-state index >= 15 is 0 Å². The summed E-state index contributed by atoms with van der Waals surface area (Å²) in [4.78, 5) is 4.74. The summed E-state index contributed by atoms with van der Waals surface area (Å²) < 4.78 is 34.1. The molecule has 3 aromatic carbocycles. The molecular formula is C34H39F2NO2. The third-order valence-corrected chi connectivity index (χ3v) is 6.45. The maximum atomic E-state index is 14.1. The molecule has 1 N–H and O–H groups in total. The first-order chi connectivity index (χ1) is 18.4. The lowest BCUT2D eigenvalue weighted by molar-refractivity contribution is 0.102. The predicted octanol–water partition coefficient (Wildman–Crippen LogP) is 9.24. The molecule has 206 valence electrons. The van der Waals surface area contributed by atoms with Crippen LogP contribution in [0.3, 0.4) is 0 Å². The van der Waals surface area contributed by atoms with Gasteiger partial charge in [0.2, 0.25) is 0 Å². The van der Waals surface area contributed by atoms with E-state index in [4.69, 9.17) is 14.8 Å². The van der Waals surface area contributed by atoms with E-state index in [1.165, 1.54) is 5.56 Å². The fourth-order valence-corrected chi connectivity index (χ4v) is 5.01. The van der Waals surface area contributed by atoms with Gasteiger partial charge in [0.05, 0.1) is 17.7 Å². The molecular weight excluding hydrogens is 492 g/mol. The fraction of sp³-hybridized carbons (Fsp3) is 0.324. The molecule has 5 rings (SSSR count). The number of allylic oxidation sites excluding steroid dienone is 1. The molecule has 39 heavy (non-hydrogen) atoms. The normalized spacial score (nSPS) is 12.4. The molecule has 0 saturated heterocycles. The second-order valence-corrected chi connectivity index (χ2v) is 10.9. The van der Waals surface area contributed by atoms with Gasteiger partial charge in [-0.15, -0.1) is 13.2 Å². The predicted molar refractivity (Wildman–Crippen MR) is 160 cm³/mol. The van der Waals surface area contributed by atoms with E-state index in [2.05, 4.69) is 19.7 Å². The molecule has 5 heteroatoms. The molecule has 4 aromatic rings. The molecule has 0 atom stereocenters. The van der Waals surface area contributed by atoms with Crippen LogP contribution in [0.1, 0.15) is 61.9 Å². The number of fused-ring (bicyclic) bond motifs is 1. The van der Waals surface area contributed by atoms with E-state index in [9.17, 15) is 8.78 Å². The number of benzene rings is 3. The molecule has 3 nitrogen and oxygen atoms in total. The minimum atomic E-state index is -2.54. The Kier molecular flexibility index (Phi) is 9.29. The number of alkyl halides is 2. The lowest BCUT2D eigenvalue weighted by Crippen LogP contribution is -2.10. The Hall–Kier alpha value is -3.57. The molecule has 1 aliphatic heterocycles. The molecule has 0 unspecified atom stereocenters. The van der Waals surface area contributed by atoms with Crippen LogP contribution in [-0.2, 0) is 12.8 Å². The summed E-state index contributed by atoms with van der Waals surface area (Å²) in [6.45, 7) is 21.7. The van der Waals surface area contributed by atoms with Gasteiger partial charge in [-0.05, 0) is 105 Å². The quantitative estimate of drug-likeness (QED) is 0.267. The number of nitrogens with zero attached hydrogens (tertiary/aromatic N) is 1. The lowest BCUT2D eigenvalue weighted by Gasteiger charge is -2.23. The van der Waals surface area contributed by atoms with Crippen LogP contribution in [-0.4, -0.2) is 22.3 Å². The van der Waals surface area contributed by atoms with Crippen LogP contribution < -0.4 is 4.74 Å². The van der Waals surface area contributed by atoms with Crippen molar-refractivity contribution in [2.24, 2.45) is 0 Å². The molecule has 0 radical (unpaired) electrons. The van der Waals surface area contributed by atoms with Crippen molar-refractivity contribution in [3.05, 3.63) is 95.7 Å². The van der Waals surface area contributed by atoms with E-state index < -0.39 is 12.0 Å². The molecule has 0 fully saturated rings. The topological polar surface area (TPSA) is 42.4 Å². The highest BCUT2D eigenvalue weighted by molar-refractivity contribution is 6.09. The highest BCUT2D eigenvalue weighted by atomic mass is 19.3. The maximum absolute atomic E-state index is 14.1. The van der Waals surface area contributed by atoms with Crippen LogP contribution in [0.2, 0.25) is 0 Å². The summed E-state index contributed by atoms with van der Waals surface area (Å²) in [5.74, 6) is 0.834. The second kappa shape index (κ2) is 12.1. The third-order valence-electron chi connectivity index (χ3n) is 6.45. The molecule has 1 aliphatic rings. The summed E-state index contributed by atoms with van der Waals surface area (Å²) in [6.07, 6.45) is 0.800. The number of hydrogen-bond acceptors (Lipinski definition) is 3. The largest absolute Gasteiger partial charge is 0.493 e. The van der Waals surface area contributed by atoms with Crippen molar-refractivity contribution in [2.45, 2.75) is 66.4 Å². The lowest BCUT2D eigenvalue weighted by atomic mass is 9.84. The molecule has 0 saturated carbocycles. The third kappa shape index (κ3) is 6.54. The van der Waals surface area contributed by atoms with Crippen molar-refractivity contribution in [2.75, 3.05) is 6.61 Å². The highest BCUT2D eigenvalue weighted by Gasteiger charge is 2.23. The molecule has 0 aliphatic carbocycles. The van der Waals surface area contributed by atoms with Crippen molar-refractivity contribution in [3.63, 3.8) is 0 Å². The first kappa shape index (κ1) is 30.0. The van der Waals surface area contributed by atoms with Crippen molar-refractivity contribution >= 4 is 21.7 Å². The fourth-order valence-electron chi connectivity index (χ4n) is 5.01. The van der Waals surface area contributed by atoms with Gasteiger partial charge in [0.1, 0.15) is 5.75 Å². The Morgan fingerprint density at radius 3 is 2.33 bits per heavy atom. The summed E-state index contributed by atoms with van der Waals surface area (Å²) in [7, 11) is 0. The number of halogens is 2. The van der Waals surface area contributed by atoms with Crippen LogP contribution in [0.4, 0.5) is 8.78 Å². The number of hydrogen-bond donors (Lipinski definition) is 1. The van der Waals surface area contributed by atoms with Gasteiger partial charge < -0.3 is 9.84 Å². The van der Waals surface area contributed by atoms with Gasteiger partial charge >= 0.3 is 0 Å². The standard InChI is InChI=1S/C28H25F2NO.C4H10O.C2H4/c1-15(2)13-21-17(4)14-22-19(6-5-16(3)24(22)28(29)30)26(21)20-7-8-23-25-18(10-12-32-23)9-11-31-27(20)25;1-4(2,3)5;1-2/h5-9,11,14,28H,1,10,12-13H2,2-4H3;5H,1-3H3;1-2H2. The zero-order chi connectivity index (χ0) is 29.1. The Morgan fingerprint density at radius 1 is 1.05 bits per heavy atom. The molecule has 0 bridgehead atoms. The summed E-state index contributed by atoms with van der Waals surface area (Å²) >= 11 is 0. The van der Waals surface area contributed by atoms with Crippen LogP contribution >= 0.6 is 0 Å². The van der Waals surface area contributed by atoms with Gasteiger partial charge in [-0.3, -0.25) is 4.98 Å². The Bertz CT molecular complexity index is 1500. The van der Waals surface area contributed by atoms with Crippen LogP contribution in [0.5, 0.6) is 5.75 Å². The molecule has 1 aromatic heterocycles. The minimum absolute atomic E-state index is 0.104. The Labute approximate surface area is 230 Å². The number of ether oxygens (including phenoxy) is 1. The van der Waals surface area contributed by atoms with Crippen molar-refractivity contribution in [3.8, 4) is 16.9 Å². The summed E-state index contributed by atoms with van der Waals surface area (Å²) in [6, 6.07) is 11.7. The van der Waals surface area contributed by atoms with E-state index in [0.29, 0.717) is 24.0 Å². The number of aryl methyl sites for hydroxylation is 2. The van der Waals surface area contributed by atoms with Gasteiger partial charge in [0.25, 0.3) is 6.43 Å². The van der Waals surface area contributed by atoms with Gasteiger partial charge in [-0.25, -0.2) is 8.78 Å². The van der Waals surface area contributed by atoms with Gasteiger partial charge in [-0.2, -0.15) is 0 Å². The monoisotopic (exact) mass is 531 g/mol. The van der Waals surface area contributed by atoms with Crippen molar-refractivity contribution in [1.29, 1.82) is 0 Å². The van der Waals surface area contributed by atoms with E-state index in [1.54, 1.807) is 33.8 Å². The first-order valence-electron chi connectivity index (χ1n) is 13.1. The van der Waals surface area contributed by atoms with E-state index in [0.717, 1.165) is 56.3 Å². The molecule has 0 spiro atoms. The summed E-state index contributed by atoms with van der Waals surface area (Å²) in [5.41, 5.74) is 7.30.